The van der Waals surface area contributed by atoms with Gasteiger partial charge in [-0.15, -0.1) is 0 Å². The number of aryl methyl sites for hydroxylation is 1. The molecule has 0 aliphatic rings. The maximum Gasteiger partial charge on any atom is 0.334 e. The van der Waals surface area contributed by atoms with Gasteiger partial charge in [-0.1, -0.05) is 38.1 Å². The van der Waals surface area contributed by atoms with E-state index in [1.807, 2.05) is 45.0 Å². The fraction of sp³-hybridized carbons (Fsp3) is 0.188. The predicted molar refractivity (Wildman–Crippen MR) is 84.0 cm³/mol. The van der Waals surface area contributed by atoms with Crippen LogP contribution in [0.2, 0.25) is 0 Å². The lowest BCUT2D eigenvalue weighted by Crippen LogP contribution is -2.28. The van der Waals surface area contributed by atoms with Crippen molar-refractivity contribution < 1.29 is 0 Å². The number of hydrogen-bond acceptors (Lipinski definition) is 3. The molecular formula is C16H17N3O2. The zero-order chi connectivity index (χ0) is 15.4. The third-order valence-corrected chi connectivity index (χ3v) is 3.08. The van der Waals surface area contributed by atoms with Crippen LogP contribution in [0, 0.1) is 6.92 Å². The molecule has 1 N–H and O–H groups in total. The molecule has 0 spiro atoms. The molecule has 0 bridgehead atoms. The van der Waals surface area contributed by atoms with Gasteiger partial charge < -0.3 is 0 Å². The van der Waals surface area contributed by atoms with Gasteiger partial charge in [0.15, 0.2) is 0 Å². The Labute approximate surface area is 121 Å². The van der Waals surface area contributed by atoms with Crippen LogP contribution in [0.5, 0.6) is 0 Å². The fourth-order valence-electron chi connectivity index (χ4n) is 2.13. The molecule has 1 aromatic carbocycles. The van der Waals surface area contributed by atoms with E-state index in [0.29, 0.717) is 5.82 Å². The summed E-state index contributed by atoms with van der Waals surface area (Å²) in [6, 6.07) is 9.13. The normalized spacial score (nSPS) is 10.0. The highest BCUT2D eigenvalue weighted by atomic mass is 16.2. The molecule has 0 saturated carbocycles. The van der Waals surface area contributed by atoms with Gasteiger partial charge in [0.25, 0.3) is 5.56 Å². The highest BCUT2D eigenvalue weighted by molar-refractivity contribution is 5.86. The molecule has 0 amide bonds. The molecule has 5 nitrogen and oxygen atoms in total. The average molecular weight is 283 g/mol. The zero-order valence-electron chi connectivity index (χ0n) is 12.3. The molecular weight excluding hydrogens is 266 g/mol. The van der Waals surface area contributed by atoms with Crippen molar-refractivity contribution in [1.29, 1.82) is 0 Å². The van der Waals surface area contributed by atoms with Crippen molar-refractivity contribution >= 4 is 10.8 Å². The first kappa shape index (κ1) is 14.7. The van der Waals surface area contributed by atoms with Crippen LogP contribution >= 0.6 is 0 Å². The molecule has 2 heterocycles. The summed E-state index contributed by atoms with van der Waals surface area (Å²) in [4.78, 5) is 29.4. The van der Waals surface area contributed by atoms with Gasteiger partial charge in [0.1, 0.15) is 5.82 Å². The van der Waals surface area contributed by atoms with Gasteiger partial charge in [-0.3, -0.25) is 14.3 Å². The fourth-order valence-corrected chi connectivity index (χ4v) is 2.13. The summed E-state index contributed by atoms with van der Waals surface area (Å²) in [5, 5.41) is 2.05. The standard InChI is InChI=1S/C14H11N3O2.C2H6/c1-9-11-5-3-2-4-10(11)8-15-13(9)17-7-6-12(18)16-14(17)19;1-2/h2-8H,1H3,(H,16,18,19);1-2H3. The minimum Gasteiger partial charge on any atom is -0.274 e. The summed E-state index contributed by atoms with van der Waals surface area (Å²) < 4.78 is 1.34. The van der Waals surface area contributed by atoms with E-state index >= 15 is 0 Å². The van der Waals surface area contributed by atoms with E-state index in [9.17, 15) is 9.59 Å². The number of rotatable bonds is 1. The van der Waals surface area contributed by atoms with Crippen LogP contribution in [0.4, 0.5) is 0 Å². The number of pyridine rings is 1. The Morgan fingerprint density at radius 3 is 2.52 bits per heavy atom. The summed E-state index contributed by atoms with van der Waals surface area (Å²) in [6.45, 7) is 5.90. The minimum atomic E-state index is -0.488. The van der Waals surface area contributed by atoms with Crippen molar-refractivity contribution in [2.45, 2.75) is 20.8 Å². The Hall–Kier alpha value is -2.69. The number of hydrogen-bond donors (Lipinski definition) is 1. The van der Waals surface area contributed by atoms with Crippen LogP contribution in [0.25, 0.3) is 16.6 Å². The summed E-state index contributed by atoms with van der Waals surface area (Å²) in [5.41, 5.74) is -0.00896. The number of H-pyrrole nitrogens is 1. The van der Waals surface area contributed by atoms with Crippen LogP contribution < -0.4 is 11.2 Å². The largest absolute Gasteiger partial charge is 0.334 e. The number of nitrogens with one attached hydrogen (secondary N) is 1. The first-order valence-corrected chi connectivity index (χ1v) is 6.83. The Morgan fingerprint density at radius 1 is 1.10 bits per heavy atom. The highest BCUT2D eigenvalue weighted by Crippen LogP contribution is 2.20. The van der Waals surface area contributed by atoms with Gasteiger partial charge in [0, 0.05) is 29.4 Å². The topological polar surface area (TPSA) is 67.8 Å². The molecule has 0 saturated heterocycles. The monoisotopic (exact) mass is 283 g/mol. The summed E-state index contributed by atoms with van der Waals surface area (Å²) in [6.07, 6.45) is 3.15. The van der Waals surface area contributed by atoms with Crippen molar-refractivity contribution in [3.8, 4) is 5.82 Å². The molecule has 0 atom stereocenters. The average Bonchev–Trinajstić information content (AvgIpc) is 2.51. The molecule has 5 heteroatoms. The minimum absolute atomic E-state index is 0.417. The van der Waals surface area contributed by atoms with Crippen LogP contribution in [0.15, 0.2) is 52.3 Å². The van der Waals surface area contributed by atoms with Crippen LogP contribution in [0.3, 0.4) is 0 Å². The van der Waals surface area contributed by atoms with E-state index in [-0.39, 0.29) is 0 Å². The third kappa shape index (κ3) is 2.76. The number of nitrogens with zero attached hydrogens (tertiary/aromatic N) is 2. The van der Waals surface area contributed by atoms with Crippen LogP contribution in [-0.2, 0) is 0 Å². The zero-order valence-corrected chi connectivity index (χ0v) is 12.3. The summed E-state index contributed by atoms with van der Waals surface area (Å²) in [5.74, 6) is 0.528. The van der Waals surface area contributed by atoms with E-state index in [4.69, 9.17) is 0 Å². The SMILES string of the molecule is CC.Cc1c(-n2ccc(=O)[nH]c2=O)ncc2ccccc12. The van der Waals surface area contributed by atoms with Gasteiger partial charge >= 0.3 is 5.69 Å². The Balaban J connectivity index is 0.000000774. The maximum absolute atomic E-state index is 11.8. The molecule has 3 aromatic rings. The second-order valence-corrected chi connectivity index (χ2v) is 4.27. The molecule has 0 unspecified atom stereocenters. The number of aromatic nitrogens is 3. The molecule has 108 valence electrons. The lowest BCUT2D eigenvalue weighted by atomic mass is 10.1. The molecule has 0 aliphatic heterocycles. The van der Waals surface area contributed by atoms with Crippen molar-refractivity contribution in [1.82, 2.24) is 14.5 Å². The van der Waals surface area contributed by atoms with Gasteiger partial charge in [-0.2, -0.15) is 0 Å². The van der Waals surface area contributed by atoms with Gasteiger partial charge in [0.05, 0.1) is 0 Å². The van der Waals surface area contributed by atoms with E-state index in [2.05, 4.69) is 9.97 Å². The van der Waals surface area contributed by atoms with Crippen molar-refractivity contribution in [2.75, 3.05) is 0 Å². The predicted octanol–water partition coefficient (Wildman–Crippen LogP) is 2.41. The van der Waals surface area contributed by atoms with Crippen molar-refractivity contribution in [3.05, 3.63) is 69.1 Å². The lowest BCUT2D eigenvalue weighted by molar-refractivity contribution is 0.862. The molecule has 0 fully saturated rings. The van der Waals surface area contributed by atoms with Crippen LogP contribution in [0.1, 0.15) is 19.4 Å². The Morgan fingerprint density at radius 2 is 1.81 bits per heavy atom. The van der Waals surface area contributed by atoms with E-state index in [1.165, 1.54) is 16.8 Å². The Bertz CT molecular complexity index is 878. The van der Waals surface area contributed by atoms with Gasteiger partial charge in [-0.05, 0) is 12.3 Å². The number of benzene rings is 1. The van der Waals surface area contributed by atoms with Gasteiger partial charge in [0.2, 0.25) is 0 Å². The van der Waals surface area contributed by atoms with Gasteiger partial charge in [-0.25, -0.2) is 9.78 Å². The van der Waals surface area contributed by atoms with Crippen molar-refractivity contribution in [2.24, 2.45) is 0 Å². The molecule has 21 heavy (non-hydrogen) atoms. The van der Waals surface area contributed by atoms with E-state index < -0.39 is 11.2 Å². The summed E-state index contributed by atoms with van der Waals surface area (Å²) in [7, 11) is 0. The van der Waals surface area contributed by atoms with Crippen molar-refractivity contribution in [3.63, 3.8) is 0 Å². The molecule has 0 radical (unpaired) electrons. The molecule has 2 aromatic heterocycles. The first-order chi connectivity index (χ1) is 10.2. The second-order valence-electron chi connectivity index (χ2n) is 4.27. The highest BCUT2D eigenvalue weighted by Gasteiger charge is 2.08. The number of aromatic amines is 1. The quantitative estimate of drug-likeness (QED) is 0.745. The van der Waals surface area contributed by atoms with E-state index in [1.54, 1.807) is 6.20 Å². The third-order valence-electron chi connectivity index (χ3n) is 3.08. The smallest absolute Gasteiger partial charge is 0.274 e. The first-order valence-electron chi connectivity index (χ1n) is 6.83. The second kappa shape index (κ2) is 6.17. The maximum atomic E-state index is 11.8. The number of fused-ring (bicyclic) bond motifs is 1. The Kier molecular flexibility index (Phi) is 4.33. The van der Waals surface area contributed by atoms with E-state index in [0.717, 1.165) is 16.3 Å². The summed E-state index contributed by atoms with van der Waals surface area (Å²) >= 11 is 0. The molecule has 0 aliphatic carbocycles. The molecule has 3 rings (SSSR count). The van der Waals surface area contributed by atoms with Crippen LogP contribution in [-0.4, -0.2) is 14.5 Å². The lowest BCUT2D eigenvalue weighted by Gasteiger charge is -2.09.